The number of hydrogen-bond acceptors (Lipinski definition) is 3. The molecule has 6 heteroatoms. The predicted molar refractivity (Wildman–Crippen MR) is 80.3 cm³/mol. The first-order chi connectivity index (χ1) is 9.42. The fraction of sp³-hybridized carbons (Fsp3) is 0.286. The molecule has 0 saturated heterocycles. The van der Waals surface area contributed by atoms with Gasteiger partial charge in [0.05, 0.1) is 0 Å². The van der Waals surface area contributed by atoms with E-state index in [1.165, 1.54) is 6.20 Å². The van der Waals surface area contributed by atoms with Gasteiger partial charge in [-0.05, 0) is 50.2 Å². The van der Waals surface area contributed by atoms with Gasteiger partial charge in [0, 0.05) is 24.1 Å². The molecule has 0 spiro atoms. The van der Waals surface area contributed by atoms with Gasteiger partial charge >= 0.3 is 0 Å². The van der Waals surface area contributed by atoms with Crippen molar-refractivity contribution in [3.05, 3.63) is 47.3 Å². The molecule has 108 valence electrons. The van der Waals surface area contributed by atoms with Gasteiger partial charge in [0.15, 0.2) is 0 Å². The minimum Gasteiger partial charge on any atom is -0.363 e. The average molecular weight is 293 g/mol. The fourth-order valence-electron chi connectivity index (χ4n) is 1.89. The van der Waals surface area contributed by atoms with E-state index in [2.05, 4.69) is 15.0 Å². The van der Waals surface area contributed by atoms with Gasteiger partial charge in [-0.25, -0.2) is 8.42 Å². The molecule has 1 heterocycles. The highest BCUT2D eigenvalue weighted by Gasteiger charge is 2.16. The Labute approximate surface area is 119 Å². The van der Waals surface area contributed by atoms with Crippen LogP contribution in [0.15, 0.2) is 35.4 Å². The van der Waals surface area contributed by atoms with Crippen LogP contribution in [0, 0.1) is 13.8 Å². The zero-order chi connectivity index (χ0) is 14.8. The molecule has 0 bridgehead atoms. The maximum Gasteiger partial charge on any atom is 0.263 e. The molecule has 0 aliphatic carbocycles. The zero-order valence-corrected chi connectivity index (χ0v) is 12.6. The second-order valence-corrected chi connectivity index (χ2v) is 6.48. The van der Waals surface area contributed by atoms with Crippen molar-refractivity contribution in [3.63, 3.8) is 0 Å². The van der Waals surface area contributed by atoms with Crippen molar-refractivity contribution in [3.8, 4) is 0 Å². The van der Waals surface area contributed by atoms with Crippen LogP contribution in [0.5, 0.6) is 0 Å². The molecule has 20 heavy (non-hydrogen) atoms. The highest BCUT2D eigenvalue weighted by Crippen LogP contribution is 2.19. The molecule has 1 aromatic carbocycles. The number of rotatable bonds is 5. The Morgan fingerprint density at radius 3 is 2.55 bits per heavy atom. The van der Waals surface area contributed by atoms with Gasteiger partial charge in [0.2, 0.25) is 0 Å². The van der Waals surface area contributed by atoms with E-state index in [-0.39, 0.29) is 4.90 Å². The van der Waals surface area contributed by atoms with Gasteiger partial charge in [0.25, 0.3) is 10.0 Å². The third kappa shape index (κ3) is 3.20. The summed E-state index contributed by atoms with van der Waals surface area (Å²) in [4.78, 5) is 3.17. The smallest absolute Gasteiger partial charge is 0.263 e. The number of anilines is 1. The van der Waals surface area contributed by atoms with Crippen molar-refractivity contribution < 1.29 is 8.42 Å². The second kappa shape index (κ2) is 5.68. The molecule has 2 rings (SSSR count). The van der Waals surface area contributed by atoms with E-state index in [4.69, 9.17) is 0 Å². The summed E-state index contributed by atoms with van der Waals surface area (Å²) >= 11 is 0. The predicted octanol–water partition coefficient (Wildman–Crippen LogP) is 2.15. The van der Waals surface area contributed by atoms with Crippen LogP contribution in [-0.4, -0.2) is 20.4 Å². The standard InChI is InChI=1S/C14H19N3O2S/c1-10-4-5-12(6-11(10)2)17-20(18,19)14-7-13(8-15-3)16-9-14/h4-7,9,15-17H,8H2,1-3H3. The number of hydrogen-bond donors (Lipinski definition) is 3. The van der Waals surface area contributed by atoms with Gasteiger partial charge in [-0.2, -0.15) is 0 Å². The van der Waals surface area contributed by atoms with Gasteiger partial charge in [0.1, 0.15) is 4.90 Å². The van der Waals surface area contributed by atoms with Gasteiger partial charge < -0.3 is 10.3 Å². The molecule has 0 atom stereocenters. The lowest BCUT2D eigenvalue weighted by Gasteiger charge is -2.08. The van der Waals surface area contributed by atoms with Crippen LogP contribution in [0.25, 0.3) is 0 Å². The minimum atomic E-state index is -3.55. The first-order valence-corrected chi connectivity index (χ1v) is 7.82. The van der Waals surface area contributed by atoms with Gasteiger partial charge in [-0.15, -0.1) is 0 Å². The summed E-state index contributed by atoms with van der Waals surface area (Å²) in [5, 5.41) is 2.97. The van der Waals surface area contributed by atoms with Crippen LogP contribution in [0.3, 0.4) is 0 Å². The van der Waals surface area contributed by atoms with Gasteiger partial charge in [-0.3, -0.25) is 4.72 Å². The van der Waals surface area contributed by atoms with Crippen LogP contribution in [-0.2, 0) is 16.6 Å². The van der Waals surface area contributed by atoms with Crippen LogP contribution >= 0.6 is 0 Å². The molecular weight excluding hydrogens is 274 g/mol. The van der Waals surface area contributed by atoms with E-state index in [1.807, 2.05) is 33.0 Å². The monoisotopic (exact) mass is 293 g/mol. The van der Waals surface area contributed by atoms with Crippen molar-refractivity contribution in [1.29, 1.82) is 0 Å². The Morgan fingerprint density at radius 2 is 1.90 bits per heavy atom. The maximum absolute atomic E-state index is 12.3. The summed E-state index contributed by atoms with van der Waals surface area (Å²) < 4.78 is 27.1. The molecule has 0 unspecified atom stereocenters. The lowest BCUT2D eigenvalue weighted by atomic mass is 10.1. The van der Waals surface area contributed by atoms with Crippen LogP contribution in [0.1, 0.15) is 16.8 Å². The van der Waals surface area contributed by atoms with E-state index >= 15 is 0 Å². The Kier molecular flexibility index (Phi) is 4.15. The summed E-state index contributed by atoms with van der Waals surface area (Å²) in [6.07, 6.45) is 1.50. The van der Waals surface area contributed by atoms with E-state index in [0.29, 0.717) is 12.2 Å². The topological polar surface area (TPSA) is 74.0 Å². The number of aryl methyl sites for hydroxylation is 2. The highest BCUT2D eigenvalue weighted by molar-refractivity contribution is 7.92. The Balaban J connectivity index is 2.23. The molecule has 0 aliphatic heterocycles. The van der Waals surface area contributed by atoms with Crippen molar-refractivity contribution in [2.24, 2.45) is 0 Å². The number of benzene rings is 1. The minimum absolute atomic E-state index is 0.237. The molecule has 0 saturated carbocycles. The summed E-state index contributed by atoms with van der Waals surface area (Å²) in [6, 6.07) is 7.12. The lowest BCUT2D eigenvalue weighted by molar-refractivity contribution is 0.601. The van der Waals surface area contributed by atoms with Crippen LogP contribution < -0.4 is 10.0 Å². The van der Waals surface area contributed by atoms with Crippen molar-refractivity contribution in [2.45, 2.75) is 25.3 Å². The summed E-state index contributed by atoms with van der Waals surface area (Å²) in [5.74, 6) is 0. The molecule has 2 aromatic rings. The van der Waals surface area contributed by atoms with Crippen molar-refractivity contribution in [1.82, 2.24) is 10.3 Å². The largest absolute Gasteiger partial charge is 0.363 e. The summed E-state index contributed by atoms with van der Waals surface area (Å²) in [5.41, 5.74) is 3.58. The first-order valence-electron chi connectivity index (χ1n) is 6.34. The number of H-pyrrole nitrogens is 1. The van der Waals surface area contributed by atoms with E-state index in [9.17, 15) is 8.42 Å². The molecule has 3 N–H and O–H groups in total. The summed E-state index contributed by atoms with van der Waals surface area (Å²) in [6.45, 7) is 4.54. The van der Waals surface area contributed by atoms with E-state index in [0.717, 1.165) is 16.8 Å². The van der Waals surface area contributed by atoms with Crippen LogP contribution in [0.2, 0.25) is 0 Å². The Bertz CT molecular complexity index is 705. The fourth-order valence-corrected chi connectivity index (χ4v) is 2.95. The van der Waals surface area contributed by atoms with E-state index < -0.39 is 10.0 Å². The van der Waals surface area contributed by atoms with Crippen molar-refractivity contribution in [2.75, 3.05) is 11.8 Å². The molecule has 0 radical (unpaired) electrons. The molecule has 1 aromatic heterocycles. The molecule has 0 amide bonds. The molecule has 5 nitrogen and oxygen atoms in total. The first kappa shape index (κ1) is 14.6. The van der Waals surface area contributed by atoms with Crippen LogP contribution in [0.4, 0.5) is 5.69 Å². The average Bonchev–Trinajstić information content (AvgIpc) is 2.83. The van der Waals surface area contributed by atoms with Gasteiger partial charge in [-0.1, -0.05) is 6.07 Å². The second-order valence-electron chi connectivity index (χ2n) is 4.80. The lowest BCUT2D eigenvalue weighted by Crippen LogP contribution is -2.12. The molecular formula is C14H19N3O2S. The Hall–Kier alpha value is -1.79. The third-order valence-corrected chi connectivity index (χ3v) is 4.51. The summed E-state index contributed by atoms with van der Waals surface area (Å²) in [7, 11) is -1.74. The molecule has 0 fully saturated rings. The zero-order valence-electron chi connectivity index (χ0n) is 11.8. The Morgan fingerprint density at radius 1 is 1.15 bits per heavy atom. The van der Waals surface area contributed by atoms with Crippen molar-refractivity contribution >= 4 is 15.7 Å². The number of sulfonamides is 1. The maximum atomic E-state index is 12.3. The highest BCUT2D eigenvalue weighted by atomic mass is 32.2. The normalized spacial score (nSPS) is 11.6. The quantitative estimate of drug-likeness (QED) is 0.791. The number of aromatic nitrogens is 1. The number of nitrogens with one attached hydrogen (secondary N) is 3. The molecule has 0 aliphatic rings. The third-order valence-electron chi connectivity index (χ3n) is 3.15. The SMILES string of the molecule is CNCc1cc(S(=O)(=O)Nc2ccc(C)c(C)c2)c[nH]1. The number of aromatic amines is 1. The van der Waals surface area contributed by atoms with E-state index in [1.54, 1.807) is 12.1 Å².